The lowest BCUT2D eigenvalue weighted by atomic mass is 10.1. The van der Waals surface area contributed by atoms with Crippen LogP contribution >= 0.6 is 0 Å². The monoisotopic (exact) mass is 207 g/mol. The summed E-state index contributed by atoms with van der Waals surface area (Å²) in [5.41, 5.74) is 1.53. The number of fused-ring (bicyclic) bond motifs is 1. The summed E-state index contributed by atoms with van der Waals surface area (Å²) in [6, 6.07) is 1.19. The Balaban J connectivity index is 2.92. The number of aromatic nitrogens is 1. The number of nitrogens with one attached hydrogen (secondary N) is 1. The molecule has 1 aromatic carbocycles. The predicted octanol–water partition coefficient (Wildman–Crippen LogP) is 2.44. The first kappa shape index (κ1) is 9.71. The zero-order chi connectivity index (χ0) is 11.0. The summed E-state index contributed by atoms with van der Waals surface area (Å²) in [5.74, 6) is -0.0267. The minimum atomic E-state index is -0.411. The van der Waals surface area contributed by atoms with Gasteiger partial charge in [-0.15, -0.1) is 0 Å². The van der Waals surface area contributed by atoms with Crippen molar-refractivity contribution in [1.29, 1.82) is 0 Å². The Hall–Kier alpha value is -1.84. The molecule has 78 valence electrons. The van der Waals surface area contributed by atoms with Crippen molar-refractivity contribution in [1.82, 2.24) is 4.98 Å². The lowest BCUT2D eigenvalue weighted by Crippen LogP contribution is -1.94. The minimum absolute atomic E-state index is 0.212. The first-order valence-electron chi connectivity index (χ1n) is 4.48. The second-order valence-corrected chi connectivity index (χ2v) is 3.32. The van der Waals surface area contributed by atoms with E-state index in [4.69, 9.17) is 4.74 Å². The molecule has 0 fully saturated rings. The van der Waals surface area contributed by atoms with Gasteiger partial charge in [-0.1, -0.05) is 0 Å². The molecule has 2 rings (SSSR count). The van der Waals surface area contributed by atoms with Crippen LogP contribution in [0.25, 0.3) is 10.9 Å². The summed E-state index contributed by atoms with van der Waals surface area (Å²) in [6.07, 6.45) is 2.27. The van der Waals surface area contributed by atoms with E-state index in [9.17, 15) is 9.18 Å². The maximum Gasteiger partial charge on any atom is 0.153 e. The third-order valence-corrected chi connectivity index (χ3v) is 2.42. The fourth-order valence-electron chi connectivity index (χ4n) is 1.73. The number of carbonyl (C=O) groups excluding carboxylic acids is 1. The second-order valence-electron chi connectivity index (χ2n) is 3.32. The molecule has 0 saturated carbocycles. The van der Waals surface area contributed by atoms with Gasteiger partial charge < -0.3 is 9.72 Å². The summed E-state index contributed by atoms with van der Waals surface area (Å²) >= 11 is 0. The number of aldehydes is 1. The normalized spacial score (nSPS) is 10.6. The molecule has 15 heavy (non-hydrogen) atoms. The van der Waals surface area contributed by atoms with Crippen LogP contribution in [0.1, 0.15) is 15.9 Å². The lowest BCUT2D eigenvalue weighted by molar-refractivity contribution is 0.112. The topological polar surface area (TPSA) is 42.1 Å². The Morgan fingerprint density at radius 3 is 2.87 bits per heavy atom. The van der Waals surface area contributed by atoms with E-state index in [1.54, 1.807) is 13.1 Å². The molecular weight excluding hydrogens is 197 g/mol. The van der Waals surface area contributed by atoms with Crippen LogP contribution < -0.4 is 4.74 Å². The number of benzene rings is 1. The highest BCUT2D eigenvalue weighted by atomic mass is 19.1. The quantitative estimate of drug-likeness (QED) is 0.768. The molecule has 1 N–H and O–H groups in total. The van der Waals surface area contributed by atoms with Crippen LogP contribution in [-0.4, -0.2) is 18.4 Å². The van der Waals surface area contributed by atoms with Crippen LogP contribution in [0.4, 0.5) is 4.39 Å². The van der Waals surface area contributed by atoms with Gasteiger partial charge in [0.15, 0.2) is 12.0 Å². The van der Waals surface area contributed by atoms with E-state index in [0.29, 0.717) is 22.9 Å². The summed E-state index contributed by atoms with van der Waals surface area (Å²) in [4.78, 5) is 13.6. The van der Waals surface area contributed by atoms with E-state index in [2.05, 4.69) is 4.98 Å². The van der Waals surface area contributed by atoms with Crippen molar-refractivity contribution in [2.45, 2.75) is 6.92 Å². The maximum absolute atomic E-state index is 13.6. The number of rotatable bonds is 2. The SMILES string of the molecule is COc1c(C=O)cc(F)c2c(C)c[nH]c12. The second kappa shape index (κ2) is 3.38. The molecule has 4 heteroatoms. The smallest absolute Gasteiger partial charge is 0.153 e. The van der Waals surface area contributed by atoms with Crippen molar-refractivity contribution >= 4 is 17.2 Å². The Bertz CT molecular complexity index is 531. The van der Waals surface area contributed by atoms with Crippen LogP contribution in [0.3, 0.4) is 0 Å². The zero-order valence-corrected chi connectivity index (χ0v) is 8.43. The van der Waals surface area contributed by atoms with Gasteiger partial charge in [-0.05, 0) is 18.6 Å². The van der Waals surface area contributed by atoms with Crippen molar-refractivity contribution < 1.29 is 13.9 Å². The number of halogens is 1. The number of aromatic amines is 1. The van der Waals surface area contributed by atoms with Crippen LogP contribution in [0.2, 0.25) is 0 Å². The first-order chi connectivity index (χ1) is 7.19. The summed E-state index contributed by atoms with van der Waals surface area (Å²) in [5, 5.41) is 0.470. The highest BCUT2D eigenvalue weighted by Crippen LogP contribution is 2.32. The molecule has 3 nitrogen and oxygen atoms in total. The number of ether oxygens (including phenoxy) is 1. The molecular formula is C11H10FNO2. The fraction of sp³-hybridized carbons (Fsp3) is 0.182. The van der Waals surface area contributed by atoms with Gasteiger partial charge in [-0.3, -0.25) is 4.79 Å². The molecule has 0 bridgehead atoms. The molecule has 0 atom stereocenters. The molecule has 1 heterocycles. The van der Waals surface area contributed by atoms with Crippen molar-refractivity contribution in [2.75, 3.05) is 7.11 Å². The maximum atomic E-state index is 13.6. The number of carbonyl (C=O) groups is 1. The predicted molar refractivity (Wildman–Crippen MR) is 54.9 cm³/mol. The van der Waals surface area contributed by atoms with E-state index in [1.807, 2.05) is 0 Å². The van der Waals surface area contributed by atoms with Gasteiger partial charge in [-0.2, -0.15) is 0 Å². The van der Waals surface area contributed by atoms with Gasteiger partial charge >= 0.3 is 0 Å². The minimum Gasteiger partial charge on any atom is -0.494 e. The Labute approximate surface area is 85.9 Å². The van der Waals surface area contributed by atoms with E-state index in [1.165, 1.54) is 13.2 Å². The zero-order valence-electron chi connectivity index (χ0n) is 8.43. The largest absolute Gasteiger partial charge is 0.494 e. The van der Waals surface area contributed by atoms with Crippen molar-refractivity contribution in [2.24, 2.45) is 0 Å². The fourth-order valence-corrected chi connectivity index (χ4v) is 1.73. The van der Waals surface area contributed by atoms with Gasteiger partial charge in [0.05, 0.1) is 18.2 Å². The number of hydrogen-bond acceptors (Lipinski definition) is 2. The van der Waals surface area contributed by atoms with Gasteiger partial charge in [0, 0.05) is 11.6 Å². The molecule has 0 saturated heterocycles. The van der Waals surface area contributed by atoms with Gasteiger partial charge in [0.25, 0.3) is 0 Å². The number of hydrogen-bond donors (Lipinski definition) is 1. The van der Waals surface area contributed by atoms with Crippen LogP contribution in [0.5, 0.6) is 5.75 Å². The molecule has 0 spiro atoms. The molecule has 0 amide bonds. The van der Waals surface area contributed by atoms with Crippen molar-refractivity contribution in [3.63, 3.8) is 0 Å². The van der Waals surface area contributed by atoms with E-state index >= 15 is 0 Å². The summed E-state index contributed by atoms with van der Waals surface area (Å²) in [7, 11) is 1.45. The van der Waals surface area contributed by atoms with Crippen LogP contribution in [-0.2, 0) is 0 Å². The average Bonchev–Trinajstić information content (AvgIpc) is 2.61. The van der Waals surface area contributed by atoms with Crippen LogP contribution in [0.15, 0.2) is 12.3 Å². The van der Waals surface area contributed by atoms with E-state index < -0.39 is 5.82 Å². The van der Waals surface area contributed by atoms with Gasteiger partial charge in [-0.25, -0.2) is 4.39 Å². The van der Waals surface area contributed by atoms with E-state index in [0.717, 1.165) is 5.56 Å². The first-order valence-corrected chi connectivity index (χ1v) is 4.48. The highest BCUT2D eigenvalue weighted by Gasteiger charge is 2.15. The Morgan fingerprint density at radius 1 is 1.53 bits per heavy atom. The number of aryl methyl sites for hydroxylation is 1. The summed E-state index contributed by atoms with van der Waals surface area (Å²) < 4.78 is 18.7. The van der Waals surface area contributed by atoms with E-state index in [-0.39, 0.29) is 5.56 Å². The summed E-state index contributed by atoms with van der Waals surface area (Å²) in [6.45, 7) is 1.79. The molecule has 1 aromatic heterocycles. The van der Waals surface area contributed by atoms with Crippen molar-refractivity contribution in [3.8, 4) is 5.75 Å². The molecule has 0 radical (unpaired) electrons. The van der Waals surface area contributed by atoms with Gasteiger partial charge in [0.2, 0.25) is 0 Å². The molecule has 0 aliphatic carbocycles. The molecule has 2 aromatic rings. The highest BCUT2D eigenvalue weighted by molar-refractivity contribution is 5.96. The number of methoxy groups -OCH3 is 1. The third kappa shape index (κ3) is 1.29. The average molecular weight is 207 g/mol. The molecule has 0 aliphatic rings. The number of H-pyrrole nitrogens is 1. The Morgan fingerprint density at radius 2 is 2.27 bits per heavy atom. The molecule has 0 aliphatic heterocycles. The third-order valence-electron chi connectivity index (χ3n) is 2.42. The molecule has 0 unspecified atom stereocenters. The van der Waals surface area contributed by atoms with Crippen molar-refractivity contribution in [3.05, 3.63) is 29.2 Å². The van der Waals surface area contributed by atoms with Gasteiger partial charge in [0.1, 0.15) is 5.82 Å². The lowest BCUT2D eigenvalue weighted by Gasteiger charge is -2.06. The van der Waals surface area contributed by atoms with Crippen LogP contribution in [0, 0.1) is 12.7 Å². The Kier molecular flexibility index (Phi) is 2.19. The standard InChI is InChI=1S/C11H10FNO2/c1-6-4-13-10-9(6)8(12)3-7(5-14)11(10)15-2/h3-5,13H,1-2H3.